The molecule has 2 aromatic rings. The number of nitrogens with zero attached hydrogens (tertiary/aromatic N) is 2. The van der Waals surface area contributed by atoms with Gasteiger partial charge in [-0.25, -0.2) is 4.79 Å². The third kappa shape index (κ3) is 4.94. The molecular weight excluding hydrogens is 412 g/mol. The van der Waals surface area contributed by atoms with Crippen molar-refractivity contribution >= 4 is 29.2 Å². The quantitative estimate of drug-likeness (QED) is 0.761. The molecule has 2 fully saturated rings. The highest BCUT2D eigenvalue weighted by Gasteiger charge is 2.27. The second kappa shape index (κ2) is 9.44. The van der Waals surface area contributed by atoms with Crippen LogP contribution < -0.4 is 10.6 Å². The van der Waals surface area contributed by atoms with E-state index < -0.39 is 0 Å². The number of anilines is 2. The Labute approximate surface area is 186 Å². The average Bonchev–Trinajstić information content (AvgIpc) is 3.44. The van der Waals surface area contributed by atoms with Crippen LogP contribution in [0.5, 0.6) is 0 Å². The summed E-state index contributed by atoms with van der Waals surface area (Å²) in [5.41, 5.74) is 1.86. The van der Waals surface area contributed by atoms with Gasteiger partial charge in [0.2, 0.25) is 0 Å². The topological polar surface area (TPSA) is 104 Å². The highest BCUT2D eigenvalue weighted by atomic mass is 16.5. The van der Waals surface area contributed by atoms with Crippen LogP contribution in [0.1, 0.15) is 34.7 Å². The number of benzene rings is 1. The van der Waals surface area contributed by atoms with E-state index in [9.17, 15) is 14.4 Å². The number of piperazine rings is 1. The third-order valence-electron chi connectivity index (χ3n) is 5.75. The summed E-state index contributed by atoms with van der Waals surface area (Å²) in [5.74, 6) is 1.11. The number of furan rings is 1. The molecule has 170 valence electrons. The predicted molar refractivity (Wildman–Crippen MR) is 119 cm³/mol. The number of amides is 4. The zero-order valence-corrected chi connectivity index (χ0v) is 18.3. The summed E-state index contributed by atoms with van der Waals surface area (Å²) in [4.78, 5) is 40.9. The Morgan fingerprint density at radius 1 is 0.938 bits per heavy atom. The Hall–Kier alpha value is -3.33. The van der Waals surface area contributed by atoms with Crippen LogP contribution in [0.25, 0.3) is 0 Å². The van der Waals surface area contributed by atoms with Crippen LogP contribution in [0.2, 0.25) is 0 Å². The molecule has 1 aromatic heterocycles. The van der Waals surface area contributed by atoms with E-state index in [1.54, 1.807) is 47.1 Å². The van der Waals surface area contributed by atoms with Gasteiger partial charge in [0.1, 0.15) is 17.6 Å². The maximum atomic E-state index is 12.7. The molecule has 0 bridgehead atoms. The van der Waals surface area contributed by atoms with E-state index in [1.165, 1.54) is 0 Å². The number of carbonyl (C=O) groups excluding carboxylic acids is 3. The van der Waals surface area contributed by atoms with Gasteiger partial charge in [-0.3, -0.25) is 9.59 Å². The van der Waals surface area contributed by atoms with Crippen LogP contribution in [-0.4, -0.2) is 66.5 Å². The zero-order valence-electron chi connectivity index (χ0n) is 18.3. The SMILES string of the molecule is Cc1cc(C(=O)N2CCN(C(=O)Nc3ccc(NC(=O)C4CCCO4)cc3)CC2)c(C)o1. The minimum absolute atomic E-state index is 0.0694. The number of hydrogen-bond donors (Lipinski definition) is 2. The predicted octanol–water partition coefficient (Wildman–Crippen LogP) is 3.00. The van der Waals surface area contributed by atoms with Crippen LogP contribution in [0.3, 0.4) is 0 Å². The summed E-state index contributed by atoms with van der Waals surface area (Å²) in [6, 6.07) is 8.51. The molecule has 1 aromatic carbocycles. The molecule has 4 rings (SSSR count). The zero-order chi connectivity index (χ0) is 22.7. The first-order chi connectivity index (χ1) is 15.4. The molecule has 9 heteroatoms. The summed E-state index contributed by atoms with van der Waals surface area (Å²) in [6.45, 7) is 6.04. The standard InChI is InChI=1S/C23H28N4O5/c1-15-14-19(16(2)32-15)22(29)26-9-11-27(12-10-26)23(30)25-18-7-5-17(6-8-18)24-21(28)20-4-3-13-31-20/h5-8,14,20H,3-4,9-13H2,1-2H3,(H,24,28)(H,25,30). The highest BCUT2D eigenvalue weighted by molar-refractivity contribution is 5.96. The number of hydrogen-bond acceptors (Lipinski definition) is 5. The van der Waals surface area contributed by atoms with Gasteiger partial charge in [-0.1, -0.05) is 0 Å². The van der Waals surface area contributed by atoms with Crippen LogP contribution in [0, 0.1) is 13.8 Å². The molecule has 0 saturated carbocycles. The lowest BCUT2D eigenvalue weighted by atomic mass is 10.2. The van der Waals surface area contributed by atoms with Gasteiger partial charge >= 0.3 is 6.03 Å². The van der Waals surface area contributed by atoms with Crippen molar-refractivity contribution in [2.24, 2.45) is 0 Å². The highest BCUT2D eigenvalue weighted by Crippen LogP contribution is 2.19. The van der Waals surface area contributed by atoms with E-state index >= 15 is 0 Å². The Morgan fingerprint density at radius 3 is 2.12 bits per heavy atom. The van der Waals surface area contributed by atoms with E-state index in [2.05, 4.69) is 10.6 Å². The molecule has 2 aliphatic rings. The summed E-state index contributed by atoms with van der Waals surface area (Å²) in [5, 5.41) is 5.70. The number of ether oxygens (including phenoxy) is 1. The van der Waals surface area contributed by atoms with E-state index in [4.69, 9.17) is 9.15 Å². The van der Waals surface area contributed by atoms with Crippen LogP contribution in [-0.2, 0) is 9.53 Å². The second-order valence-corrected chi connectivity index (χ2v) is 8.10. The monoisotopic (exact) mass is 440 g/mol. The summed E-state index contributed by atoms with van der Waals surface area (Å²) >= 11 is 0. The maximum Gasteiger partial charge on any atom is 0.321 e. The Morgan fingerprint density at radius 2 is 1.56 bits per heavy atom. The first-order valence-electron chi connectivity index (χ1n) is 10.9. The van der Waals surface area contributed by atoms with Crippen LogP contribution >= 0.6 is 0 Å². The largest absolute Gasteiger partial charge is 0.466 e. The Balaban J connectivity index is 1.26. The Kier molecular flexibility index (Phi) is 6.45. The summed E-state index contributed by atoms with van der Waals surface area (Å²) < 4.78 is 10.8. The molecule has 0 aliphatic carbocycles. The van der Waals surface area contributed by atoms with Gasteiger partial charge in [0.25, 0.3) is 11.8 Å². The van der Waals surface area contributed by atoms with Crippen molar-refractivity contribution < 1.29 is 23.5 Å². The third-order valence-corrected chi connectivity index (χ3v) is 5.75. The summed E-state index contributed by atoms with van der Waals surface area (Å²) in [6.07, 6.45) is 1.25. The minimum atomic E-state index is -0.388. The fourth-order valence-corrected chi connectivity index (χ4v) is 3.97. The van der Waals surface area contributed by atoms with Gasteiger partial charge < -0.3 is 29.6 Å². The number of carbonyl (C=O) groups is 3. The molecular formula is C23H28N4O5. The van der Waals surface area contributed by atoms with E-state index in [-0.39, 0.29) is 23.9 Å². The van der Waals surface area contributed by atoms with Gasteiger partial charge in [0.05, 0.1) is 5.56 Å². The van der Waals surface area contributed by atoms with E-state index in [1.807, 2.05) is 6.92 Å². The number of urea groups is 1. The molecule has 0 radical (unpaired) electrons. The Bertz CT molecular complexity index is 986. The van der Waals surface area contributed by atoms with Gasteiger partial charge in [-0.05, 0) is 57.0 Å². The van der Waals surface area contributed by atoms with Crippen molar-refractivity contribution in [3.05, 3.63) is 47.4 Å². The minimum Gasteiger partial charge on any atom is -0.466 e. The maximum absolute atomic E-state index is 12.7. The van der Waals surface area contributed by atoms with Crippen molar-refractivity contribution in [1.82, 2.24) is 9.80 Å². The lowest BCUT2D eigenvalue weighted by molar-refractivity contribution is -0.124. The first kappa shape index (κ1) is 21.9. The lowest BCUT2D eigenvalue weighted by Gasteiger charge is -2.34. The molecule has 2 aliphatic heterocycles. The number of rotatable bonds is 4. The lowest BCUT2D eigenvalue weighted by Crippen LogP contribution is -2.51. The molecule has 2 saturated heterocycles. The number of aryl methyl sites for hydroxylation is 2. The van der Waals surface area contributed by atoms with Crippen molar-refractivity contribution in [2.45, 2.75) is 32.8 Å². The summed E-state index contributed by atoms with van der Waals surface area (Å²) in [7, 11) is 0. The van der Waals surface area contributed by atoms with E-state index in [0.29, 0.717) is 61.2 Å². The first-order valence-corrected chi connectivity index (χ1v) is 10.9. The molecule has 3 heterocycles. The number of nitrogens with one attached hydrogen (secondary N) is 2. The van der Waals surface area contributed by atoms with Crippen molar-refractivity contribution in [2.75, 3.05) is 43.4 Å². The molecule has 2 N–H and O–H groups in total. The van der Waals surface area contributed by atoms with Gasteiger partial charge in [-0.15, -0.1) is 0 Å². The molecule has 0 spiro atoms. The van der Waals surface area contributed by atoms with Crippen molar-refractivity contribution in [1.29, 1.82) is 0 Å². The average molecular weight is 441 g/mol. The van der Waals surface area contributed by atoms with Gasteiger partial charge in [0.15, 0.2) is 0 Å². The molecule has 1 atom stereocenters. The molecule has 9 nitrogen and oxygen atoms in total. The fourth-order valence-electron chi connectivity index (χ4n) is 3.97. The van der Waals surface area contributed by atoms with Gasteiger partial charge in [-0.2, -0.15) is 0 Å². The van der Waals surface area contributed by atoms with Crippen LogP contribution in [0.15, 0.2) is 34.7 Å². The smallest absolute Gasteiger partial charge is 0.321 e. The van der Waals surface area contributed by atoms with Crippen molar-refractivity contribution in [3.63, 3.8) is 0 Å². The van der Waals surface area contributed by atoms with Crippen molar-refractivity contribution in [3.8, 4) is 0 Å². The molecule has 4 amide bonds. The molecule has 1 unspecified atom stereocenters. The van der Waals surface area contributed by atoms with E-state index in [0.717, 1.165) is 12.8 Å². The van der Waals surface area contributed by atoms with Gasteiger partial charge in [0, 0.05) is 44.2 Å². The molecule has 32 heavy (non-hydrogen) atoms. The second-order valence-electron chi connectivity index (χ2n) is 8.10. The normalized spacial score (nSPS) is 18.5. The fraction of sp³-hybridized carbons (Fsp3) is 0.435. The van der Waals surface area contributed by atoms with Crippen LogP contribution in [0.4, 0.5) is 16.2 Å².